The van der Waals surface area contributed by atoms with Crippen molar-refractivity contribution in [2.45, 2.75) is 57.3 Å². The molecule has 2 heterocycles. The molecule has 0 bridgehead atoms. The highest BCUT2D eigenvalue weighted by Crippen LogP contribution is 2.33. The van der Waals surface area contributed by atoms with Gasteiger partial charge in [-0.15, -0.1) is 0 Å². The van der Waals surface area contributed by atoms with Crippen molar-refractivity contribution < 1.29 is 9.47 Å². The molecule has 2 atom stereocenters. The van der Waals surface area contributed by atoms with Gasteiger partial charge in [-0.25, -0.2) is 0 Å². The number of morpholine rings is 1. The zero-order valence-electron chi connectivity index (χ0n) is 12.1. The topological polar surface area (TPSA) is 47.7 Å². The van der Waals surface area contributed by atoms with Gasteiger partial charge in [-0.1, -0.05) is 0 Å². The molecule has 2 fully saturated rings. The standard InChI is InChI=1S/C14H28N2O2/c1-12-9-16(11-13(2,3)18-12)14(10-15)5-4-7-17-8-6-14/h12H,4-11,15H2,1-3H3. The van der Waals surface area contributed by atoms with Crippen molar-refractivity contribution in [2.75, 3.05) is 32.8 Å². The van der Waals surface area contributed by atoms with Crippen molar-refractivity contribution in [3.63, 3.8) is 0 Å². The van der Waals surface area contributed by atoms with E-state index in [0.717, 1.165) is 52.1 Å². The molecular formula is C14H28N2O2. The van der Waals surface area contributed by atoms with E-state index in [2.05, 4.69) is 25.7 Å². The summed E-state index contributed by atoms with van der Waals surface area (Å²) in [6.45, 7) is 10.9. The van der Waals surface area contributed by atoms with Crippen LogP contribution in [-0.4, -0.2) is 55.0 Å². The molecule has 106 valence electrons. The monoisotopic (exact) mass is 256 g/mol. The van der Waals surface area contributed by atoms with Crippen LogP contribution in [0.1, 0.15) is 40.0 Å². The van der Waals surface area contributed by atoms with Gasteiger partial charge in [0.2, 0.25) is 0 Å². The van der Waals surface area contributed by atoms with Gasteiger partial charge in [0.25, 0.3) is 0 Å². The molecule has 2 unspecified atom stereocenters. The maximum absolute atomic E-state index is 6.13. The summed E-state index contributed by atoms with van der Waals surface area (Å²) >= 11 is 0. The molecule has 2 aliphatic rings. The summed E-state index contributed by atoms with van der Waals surface area (Å²) in [5.41, 5.74) is 6.17. The molecule has 4 nitrogen and oxygen atoms in total. The van der Waals surface area contributed by atoms with Crippen LogP contribution >= 0.6 is 0 Å². The van der Waals surface area contributed by atoms with Crippen LogP contribution < -0.4 is 5.73 Å². The summed E-state index contributed by atoms with van der Waals surface area (Å²) in [4.78, 5) is 2.57. The molecule has 0 radical (unpaired) electrons. The predicted octanol–water partition coefficient (Wildman–Crippen LogP) is 1.38. The van der Waals surface area contributed by atoms with Gasteiger partial charge in [0, 0.05) is 38.4 Å². The number of ether oxygens (including phenoxy) is 2. The molecule has 0 aromatic carbocycles. The zero-order valence-corrected chi connectivity index (χ0v) is 12.1. The Bertz CT molecular complexity index is 273. The van der Waals surface area contributed by atoms with Crippen LogP contribution in [0.15, 0.2) is 0 Å². The number of nitrogens with two attached hydrogens (primary N) is 1. The molecule has 0 aromatic heterocycles. The number of nitrogens with zero attached hydrogens (tertiary/aromatic N) is 1. The molecule has 0 aliphatic carbocycles. The molecule has 2 N–H and O–H groups in total. The first kappa shape index (κ1) is 14.3. The third kappa shape index (κ3) is 3.05. The summed E-state index contributed by atoms with van der Waals surface area (Å²) in [6, 6.07) is 0. The Morgan fingerprint density at radius 3 is 2.72 bits per heavy atom. The second kappa shape index (κ2) is 5.45. The fourth-order valence-corrected chi connectivity index (χ4v) is 3.46. The fraction of sp³-hybridized carbons (Fsp3) is 1.00. The SMILES string of the molecule is CC1CN(C2(CN)CCCOCC2)CC(C)(C)O1. The highest BCUT2D eigenvalue weighted by molar-refractivity contribution is 4.97. The van der Waals surface area contributed by atoms with E-state index in [9.17, 15) is 0 Å². The molecule has 2 aliphatic heterocycles. The first-order valence-electron chi connectivity index (χ1n) is 7.18. The second-order valence-electron chi connectivity index (χ2n) is 6.46. The largest absolute Gasteiger partial charge is 0.381 e. The van der Waals surface area contributed by atoms with E-state index in [1.807, 2.05) is 0 Å². The lowest BCUT2D eigenvalue weighted by Gasteiger charge is -2.51. The number of hydrogen-bond acceptors (Lipinski definition) is 4. The molecule has 0 amide bonds. The highest BCUT2D eigenvalue weighted by atomic mass is 16.5. The van der Waals surface area contributed by atoms with Crippen molar-refractivity contribution in [1.29, 1.82) is 0 Å². The summed E-state index contributed by atoms with van der Waals surface area (Å²) in [6.07, 6.45) is 3.59. The van der Waals surface area contributed by atoms with Crippen LogP contribution in [0, 0.1) is 0 Å². The van der Waals surface area contributed by atoms with E-state index >= 15 is 0 Å². The van der Waals surface area contributed by atoms with Gasteiger partial charge in [-0.3, -0.25) is 4.90 Å². The van der Waals surface area contributed by atoms with Gasteiger partial charge in [-0.2, -0.15) is 0 Å². The Hall–Kier alpha value is -0.160. The third-order valence-electron chi connectivity index (χ3n) is 4.26. The van der Waals surface area contributed by atoms with Crippen LogP contribution in [0.4, 0.5) is 0 Å². The summed E-state index contributed by atoms with van der Waals surface area (Å²) in [5, 5.41) is 0. The second-order valence-corrected chi connectivity index (χ2v) is 6.46. The minimum absolute atomic E-state index is 0.0764. The minimum Gasteiger partial charge on any atom is -0.381 e. The van der Waals surface area contributed by atoms with Crippen molar-refractivity contribution >= 4 is 0 Å². The Labute approximate surface area is 111 Å². The van der Waals surface area contributed by atoms with Crippen LogP contribution in [0.25, 0.3) is 0 Å². The smallest absolute Gasteiger partial charge is 0.0757 e. The molecule has 0 aromatic rings. The van der Waals surface area contributed by atoms with Gasteiger partial charge >= 0.3 is 0 Å². The third-order valence-corrected chi connectivity index (χ3v) is 4.26. The van der Waals surface area contributed by atoms with Crippen molar-refractivity contribution in [3.05, 3.63) is 0 Å². The molecule has 18 heavy (non-hydrogen) atoms. The van der Waals surface area contributed by atoms with Gasteiger partial charge in [0.1, 0.15) is 0 Å². The van der Waals surface area contributed by atoms with Gasteiger partial charge in [0.15, 0.2) is 0 Å². The maximum Gasteiger partial charge on any atom is 0.0757 e. The van der Waals surface area contributed by atoms with E-state index in [1.54, 1.807) is 0 Å². The normalized spacial score (nSPS) is 38.3. The van der Waals surface area contributed by atoms with Gasteiger partial charge in [-0.05, 0) is 40.0 Å². The molecule has 0 spiro atoms. The Morgan fingerprint density at radius 2 is 2.06 bits per heavy atom. The lowest BCUT2D eigenvalue weighted by atomic mass is 9.86. The average Bonchev–Trinajstić information content (AvgIpc) is 2.52. The van der Waals surface area contributed by atoms with Crippen LogP contribution in [0.3, 0.4) is 0 Å². The lowest BCUT2D eigenvalue weighted by Crippen LogP contribution is -2.63. The molecule has 2 saturated heterocycles. The zero-order chi connectivity index (χ0) is 13.2. The average molecular weight is 256 g/mol. The first-order valence-corrected chi connectivity index (χ1v) is 7.18. The fourth-order valence-electron chi connectivity index (χ4n) is 3.46. The quantitative estimate of drug-likeness (QED) is 0.811. The number of rotatable bonds is 2. The van der Waals surface area contributed by atoms with Crippen LogP contribution in [-0.2, 0) is 9.47 Å². The Kier molecular flexibility index (Phi) is 4.32. The van der Waals surface area contributed by atoms with Gasteiger partial charge in [0.05, 0.1) is 11.7 Å². The van der Waals surface area contributed by atoms with E-state index in [1.165, 1.54) is 0 Å². The van der Waals surface area contributed by atoms with Gasteiger partial charge < -0.3 is 15.2 Å². The van der Waals surface area contributed by atoms with Crippen molar-refractivity contribution in [1.82, 2.24) is 4.90 Å². The molecule has 4 heteroatoms. The number of hydrogen-bond donors (Lipinski definition) is 1. The molecule has 2 rings (SSSR count). The van der Waals surface area contributed by atoms with E-state index < -0.39 is 0 Å². The summed E-state index contributed by atoms with van der Waals surface area (Å²) in [5.74, 6) is 0. The lowest BCUT2D eigenvalue weighted by molar-refractivity contribution is -0.154. The Morgan fingerprint density at radius 1 is 1.28 bits per heavy atom. The summed E-state index contributed by atoms with van der Waals surface area (Å²) in [7, 11) is 0. The Balaban J connectivity index is 2.15. The highest BCUT2D eigenvalue weighted by Gasteiger charge is 2.42. The van der Waals surface area contributed by atoms with Crippen LogP contribution in [0.2, 0.25) is 0 Å². The van der Waals surface area contributed by atoms with E-state index in [0.29, 0.717) is 0 Å². The van der Waals surface area contributed by atoms with E-state index in [4.69, 9.17) is 15.2 Å². The maximum atomic E-state index is 6.13. The van der Waals surface area contributed by atoms with Crippen molar-refractivity contribution in [3.8, 4) is 0 Å². The molecular weight excluding hydrogens is 228 g/mol. The minimum atomic E-state index is -0.0764. The van der Waals surface area contributed by atoms with Crippen LogP contribution in [0.5, 0.6) is 0 Å². The van der Waals surface area contributed by atoms with Crippen molar-refractivity contribution in [2.24, 2.45) is 5.73 Å². The molecule has 0 saturated carbocycles. The van der Waals surface area contributed by atoms with E-state index in [-0.39, 0.29) is 17.2 Å². The first-order chi connectivity index (χ1) is 8.47. The predicted molar refractivity (Wildman–Crippen MR) is 72.7 cm³/mol. The summed E-state index contributed by atoms with van der Waals surface area (Å²) < 4.78 is 11.6.